The number of aryl methyl sites for hydroxylation is 1. The van der Waals surface area contributed by atoms with Crippen molar-refractivity contribution >= 4 is 21.7 Å². The van der Waals surface area contributed by atoms with Gasteiger partial charge in [0.15, 0.2) is 0 Å². The van der Waals surface area contributed by atoms with E-state index in [1.54, 1.807) is 26.0 Å². The van der Waals surface area contributed by atoms with E-state index in [2.05, 4.69) is 10.6 Å². The monoisotopic (exact) mass is 351 g/mol. The van der Waals surface area contributed by atoms with Crippen molar-refractivity contribution in [1.82, 2.24) is 5.32 Å². The van der Waals surface area contributed by atoms with Crippen LogP contribution in [0.5, 0.6) is 0 Å². The maximum atomic E-state index is 13.2. The number of hydrogen-bond donors (Lipinski definition) is 3. The number of primary sulfonamides is 1. The third-order valence-electron chi connectivity index (χ3n) is 3.47. The zero-order chi connectivity index (χ0) is 17.9. The van der Waals surface area contributed by atoms with Crippen LogP contribution in [0.15, 0.2) is 47.4 Å². The standard InChI is InChI=1S/C16H18FN3O3S/c1-10-9-13(5-8-15(10)17)20-16(21)19-11(2)12-3-6-14(7-4-12)24(18,22)23/h3-9,11H,1-2H3,(H2,18,22,23)(H2,19,20,21). The molecule has 6 nitrogen and oxygen atoms in total. The fourth-order valence-electron chi connectivity index (χ4n) is 2.12. The molecule has 2 aromatic rings. The molecular formula is C16H18FN3O3S. The highest BCUT2D eigenvalue weighted by atomic mass is 32.2. The highest BCUT2D eigenvalue weighted by Gasteiger charge is 2.12. The zero-order valence-corrected chi connectivity index (χ0v) is 14.0. The molecule has 1 unspecified atom stereocenters. The van der Waals surface area contributed by atoms with Gasteiger partial charge < -0.3 is 10.6 Å². The molecular weight excluding hydrogens is 333 g/mol. The maximum absolute atomic E-state index is 13.2. The Balaban J connectivity index is 2.01. The van der Waals surface area contributed by atoms with Gasteiger partial charge in [-0.05, 0) is 55.3 Å². The van der Waals surface area contributed by atoms with Gasteiger partial charge >= 0.3 is 6.03 Å². The lowest BCUT2D eigenvalue weighted by Crippen LogP contribution is -2.31. The summed E-state index contributed by atoms with van der Waals surface area (Å²) in [6.07, 6.45) is 0. The van der Waals surface area contributed by atoms with Gasteiger partial charge in [-0.15, -0.1) is 0 Å². The Labute approximate surface area is 139 Å². The molecule has 0 fully saturated rings. The average Bonchev–Trinajstić information content (AvgIpc) is 2.50. The number of benzene rings is 2. The second-order valence-corrected chi connectivity index (χ2v) is 6.96. The molecule has 0 aromatic heterocycles. The summed E-state index contributed by atoms with van der Waals surface area (Å²) in [5.74, 6) is -0.343. The Morgan fingerprint density at radius 1 is 1.17 bits per heavy atom. The highest BCUT2D eigenvalue weighted by Crippen LogP contribution is 2.17. The number of nitrogens with two attached hydrogens (primary N) is 1. The minimum atomic E-state index is -3.75. The number of anilines is 1. The lowest BCUT2D eigenvalue weighted by Gasteiger charge is -2.15. The van der Waals surface area contributed by atoms with E-state index < -0.39 is 16.1 Å². The minimum absolute atomic E-state index is 0.00434. The molecule has 2 amide bonds. The van der Waals surface area contributed by atoms with Crippen LogP contribution in [0.4, 0.5) is 14.9 Å². The van der Waals surface area contributed by atoms with Gasteiger partial charge in [-0.1, -0.05) is 12.1 Å². The molecule has 2 aromatic carbocycles. The lowest BCUT2D eigenvalue weighted by molar-refractivity contribution is 0.249. The van der Waals surface area contributed by atoms with Gasteiger partial charge in [0, 0.05) is 5.69 Å². The van der Waals surface area contributed by atoms with Crippen LogP contribution in [-0.4, -0.2) is 14.4 Å². The van der Waals surface area contributed by atoms with E-state index in [0.29, 0.717) is 16.8 Å². The highest BCUT2D eigenvalue weighted by molar-refractivity contribution is 7.89. The summed E-state index contributed by atoms with van der Waals surface area (Å²) < 4.78 is 35.6. The van der Waals surface area contributed by atoms with Crippen molar-refractivity contribution in [3.63, 3.8) is 0 Å². The van der Waals surface area contributed by atoms with Gasteiger partial charge in [0.25, 0.3) is 0 Å². The van der Waals surface area contributed by atoms with Crippen molar-refractivity contribution in [3.8, 4) is 0 Å². The average molecular weight is 351 g/mol. The van der Waals surface area contributed by atoms with Gasteiger partial charge in [0.05, 0.1) is 10.9 Å². The third-order valence-corrected chi connectivity index (χ3v) is 4.40. The number of sulfonamides is 1. The topological polar surface area (TPSA) is 101 Å². The van der Waals surface area contributed by atoms with Crippen molar-refractivity contribution in [2.75, 3.05) is 5.32 Å². The molecule has 1 atom stereocenters. The van der Waals surface area contributed by atoms with E-state index in [4.69, 9.17) is 5.14 Å². The van der Waals surface area contributed by atoms with E-state index in [-0.39, 0.29) is 16.8 Å². The molecule has 0 aliphatic carbocycles. The van der Waals surface area contributed by atoms with E-state index in [1.165, 1.54) is 30.3 Å². The van der Waals surface area contributed by atoms with Gasteiger partial charge in [-0.25, -0.2) is 22.7 Å². The molecule has 0 aliphatic rings. The maximum Gasteiger partial charge on any atom is 0.319 e. The van der Waals surface area contributed by atoms with Crippen molar-refractivity contribution < 1.29 is 17.6 Å². The summed E-state index contributed by atoms with van der Waals surface area (Å²) in [4.78, 5) is 12.0. The van der Waals surface area contributed by atoms with Crippen LogP contribution in [0.2, 0.25) is 0 Å². The van der Waals surface area contributed by atoms with Crippen LogP contribution >= 0.6 is 0 Å². The summed E-state index contributed by atoms with van der Waals surface area (Å²) >= 11 is 0. The molecule has 24 heavy (non-hydrogen) atoms. The predicted molar refractivity (Wildman–Crippen MR) is 89.5 cm³/mol. The van der Waals surface area contributed by atoms with Gasteiger partial charge in [-0.3, -0.25) is 0 Å². The van der Waals surface area contributed by atoms with Crippen LogP contribution in [0.1, 0.15) is 24.1 Å². The number of rotatable bonds is 4. The predicted octanol–water partition coefficient (Wildman–Crippen LogP) is 2.66. The number of carbonyl (C=O) groups is 1. The summed E-state index contributed by atoms with van der Waals surface area (Å²) in [6, 6.07) is 9.37. The molecule has 0 spiro atoms. The van der Waals surface area contributed by atoms with Crippen molar-refractivity contribution in [2.45, 2.75) is 24.8 Å². The quantitative estimate of drug-likeness (QED) is 0.789. The smallest absolute Gasteiger partial charge is 0.319 e. The fraction of sp³-hybridized carbons (Fsp3) is 0.188. The van der Waals surface area contributed by atoms with Crippen LogP contribution in [-0.2, 0) is 10.0 Å². The number of nitrogens with one attached hydrogen (secondary N) is 2. The number of carbonyl (C=O) groups excluding carboxylic acids is 1. The number of hydrogen-bond acceptors (Lipinski definition) is 3. The molecule has 0 saturated carbocycles. The second-order valence-electron chi connectivity index (χ2n) is 5.40. The Morgan fingerprint density at radius 3 is 2.33 bits per heavy atom. The molecule has 0 saturated heterocycles. The van der Waals surface area contributed by atoms with Gasteiger partial charge in [-0.2, -0.15) is 0 Å². The van der Waals surface area contributed by atoms with Crippen molar-refractivity contribution in [3.05, 3.63) is 59.4 Å². The first-order valence-corrected chi connectivity index (χ1v) is 8.68. The number of halogens is 1. The van der Waals surface area contributed by atoms with Crippen LogP contribution in [0.3, 0.4) is 0 Å². The second kappa shape index (κ2) is 6.98. The van der Waals surface area contributed by atoms with Crippen LogP contribution in [0, 0.1) is 12.7 Å². The van der Waals surface area contributed by atoms with Crippen LogP contribution < -0.4 is 15.8 Å². The summed E-state index contributed by atoms with van der Waals surface area (Å²) in [5.41, 5.74) is 1.62. The first kappa shape index (κ1) is 17.9. The van der Waals surface area contributed by atoms with E-state index in [1.807, 2.05) is 0 Å². The number of urea groups is 1. The summed E-state index contributed by atoms with van der Waals surface area (Å²) in [7, 11) is -3.75. The van der Waals surface area contributed by atoms with Crippen molar-refractivity contribution in [2.24, 2.45) is 5.14 Å². The first-order chi connectivity index (χ1) is 11.2. The van der Waals surface area contributed by atoms with Gasteiger partial charge in [0.1, 0.15) is 5.82 Å². The molecule has 0 aliphatic heterocycles. The first-order valence-electron chi connectivity index (χ1n) is 7.13. The molecule has 8 heteroatoms. The Morgan fingerprint density at radius 2 is 1.79 bits per heavy atom. The Bertz CT molecular complexity index is 851. The molecule has 2 rings (SSSR count). The minimum Gasteiger partial charge on any atom is -0.331 e. The molecule has 0 radical (unpaired) electrons. The molecule has 4 N–H and O–H groups in total. The SMILES string of the molecule is Cc1cc(NC(=O)NC(C)c2ccc(S(N)(=O)=O)cc2)ccc1F. The summed E-state index contributed by atoms with van der Waals surface area (Å²) in [5, 5.41) is 10.4. The molecule has 0 heterocycles. The molecule has 0 bridgehead atoms. The fourth-order valence-corrected chi connectivity index (χ4v) is 2.63. The third kappa shape index (κ3) is 4.53. The molecule has 128 valence electrons. The van der Waals surface area contributed by atoms with E-state index >= 15 is 0 Å². The van der Waals surface area contributed by atoms with E-state index in [0.717, 1.165) is 0 Å². The normalized spacial score (nSPS) is 12.5. The number of amides is 2. The lowest BCUT2D eigenvalue weighted by atomic mass is 10.1. The van der Waals surface area contributed by atoms with Crippen molar-refractivity contribution in [1.29, 1.82) is 0 Å². The zero-order valence-electron chi connectivity index (χ0n) is 13.2. The Kier molecular flexibility index (Phi) is 5.20. The Hall–Kier alpha value is -2.45. The largest absolute Gasteiger partial charge is 0.331 e. The van der Waals surface area contributed by atoms with Gasteiger partial charge in [0.2, 0.25) is 10.0 Å². The van der Waals surface area contributed by atoms with E-state index in [9.17, 15) is 17.6 Å². The summed E-state index contributed by atoms with van der Waals surface area (Å²) in [6.45, 7) is 3.36. The van der Waals surface area contributed by atoms with Crippen LogP contribution in [0.25, 0.3) is 0 Å².